The van der Waals surface area contributed by atoms with Crippen LogP contribution in [-0.2, 0) is 6.42 Å². The molecule has 0 saturated heterocycles. The van der Waals surface area contributed by atoms with E-state index in [-0.39, 0.29) is 17.3 Å². The fourth-order valence-electron chi connectivity index (χ4n) is 5.55. The summed E-state index contributed by atoms with van der Waals surface area (Å²) in [7, 11) is 0. The number of hydrogen-bond donors (Lipinski definition) is 2. The molecule has 2 fully saturated rings. The second-order valence-corrected chi connectivity index (χ2v) is 7.56. The van der Waals surface area contributed by atoms with Gasteiger partial charge in [0, 0.05) is 0 Å². The Morgan fingerprint density at radius 1 is 1.19 bits per heavy atom. The number of aryl methyl sites for hydroxylation is 1. The lowest BCUT2D eigenvalue weighted by molar-refractivity contribution is -0.0226. The molecule has 0 aliphatic heterocycles. The number of aromatic hydroxyl groups is 1. The minimum absolute atomic E-state index is 0.0636. The molecule has 1 aromatic carbocycles. The molecule has 2 N–H and O–H groups in total. The Balaban J connectivity index is 1.73. The topological polar surface area (TPSA) is 40.5 Å². The zero-order valence-corrected chi connectivity index (χ0v) is 12.5. The molecule has 0 heterocycles. The van der Waals surface area contributed by atoms with Crippen LogP contribution in [0.2, 0.25) is 0 Å². The Kier molecular flexibility index (Phi) is 2.88. The first kappa shape index (κ1) is 13.6. The standard InChI is InChI=1S/C18H23FO2/c1-18-7-6-11-12(14(18)4-5-17(18)21)3-2-10-8-16(20)15(19)9-13(10)11/h8-9,11-12,14,17,20-21H,2-7H2,1H3/t11-,12+,14-,17-,18-/m0/s1. The average molecular weight is 290 g/mol. The molecule has 0 unspecified atom stereocenters. The normalized spacial score (nSPS) is 41.3. The molecule has 3 aliphatic rings. The number of hydrogen-bond acceptors (Lipinski definition) is 2. The minimum atomic E-state index is -0.491. The van der Waals surface area contributed by atoms with Gasteiger partial charge in [0.15, 0.2) is 11.6 Å². The molecule has 2 saturated carbocycles. The molecular formula is C18H23FO2. The Labute approximate surface area is 125 Å². The van der Waals surface area contributed by atoms with Crippen LogP contribution < -0.4 is 0 Å². The predicted octanol–water partition coefficient (Wildman–Crippen LogP) is 3.75. The number of fused-ring (bicyclic) bond motifs is 5. The van der Waals surface area contributed by atoms with E-state index in [1.54, 1.807) is 12.1 Å². The van der Waals surface area contributed by atoms with Gasteiger partial charge in [0.2, 0.25) is 0 Å². The smallest absolute Gasteiger partial charge is 0.165 e. The summed E-state index contributed by atoms with van der Waals surface area (Å²) in [6.45, 7) is 2.25. The second kappa shape index (κ2) is 4.45. The van der Waals surface area contributed by atoms with E-state index in [2.05, 4.69) is 6.92 Å². The van der Waals surface area contributed by atoms with Crippen molar-refractivity contribution >= 4 is 0 Å². The van der Waals surface area contributed by atoms with Crippen LogP contribution in [0.25, 0.3) is 0 Å². The SMILES string of the molecule is C[C@]12CC[C@@H]3c4cc(F)c(O)cc4CC[C@H]3[C@@H]1CC[C@@H]2O. The Hall–Kier alpha value is -1.09. The van der Waals surface area contributed by atoms with E-state index in [0.717, 1.165) is 49.7 Å². The van der Waals surface area contributed by atoms with Crippen LogP contribution in [0.5, 0.6) is 5.75 Å². The number of aliphatic hydroxyl groups excluding tert-OH is 1. The number of aliphatic hydroxyl groups is 1. The monoisotopic (exact) mass is 290 g/mol. The number of halogens is 1. The summed E-state index contributed by atoms with van der Waals surface area (Å²) in [6, 6.07) is 3.19. The summed E-state index contributed by atoms with van der Waals surface area (Å²) < 4.78 is 13.8. The predicted molar refractivity (Wildman–Crippen MR) is 78.7 cm³/mol. The summed E-state index contributed by atoms with van der Waals surface area (Å²) >= 11 is 0. The lowest BCUT2D eigenvalue weighted by Gasteiger charge is -2.50. The van der Waals surface area contributed by atoms with Crippen molar-refractivity contribution in [3.8, 4) is 5.75 Å². The number of phenols is 1. The molecule has 0 bridgehead atoms. The van der Waals surface area contributed by atoms with E-state index < -0.39 is 5.82 Å². The first-order valence-corrected chi connectivity index (χ1v) is 8.20. The molecule has 3 aliphatic carbocycles. The van der Waals surface area contributed by atoms with E-state index in [9.17, 15) is 14.6 Å². The van der Waals surface area contributed by atoms with Gasteiger partial charge in [0.05, 0.1) is 6.10 Å². The van der Waals surface area contributed by atoms with Crippen molar-refractivity contribution in [2.24, 2.45) is 17.3 Å². The summed E-state index contributed by atoms with van der Waals surface area (Å²) in [5.41, 5.74) is 2.30. The molecule has 0 amide bonds. The molecule has 5 atom stereocenters. The van der Waals surface area contributed by atoms with Gasteiger partial charge >= 0.3 is 0 Å². The van der Waals surface area contributed by atoms with Gasteiger partial charge in [-0.1, -0.05) is 6.92 Å². The molecule has 0 spiro atoms. The van der Waals surface area contributed by atoms with Crippen molar-refractivity contribution in [3.63, 3.8) is 0 Å². The average Bonchev–Trinajstić information content (AvgIpc) is 2.76. The van der Waals surface area contributed by atoms with Gasteiger partial charge < -0.3 is 10.2 Å². The Morgan fingerprint density at radius 3 is 2.81 bits per heavy atom. The van der Waals surface area contributed by atoms with E-state index >= 15 is 0 Å². The van der Waals surface area contributed by atoms with E-state index in [0.29, 0.717) is 17.8 Å². The highest BCUT2D eigenvalue weighted by Gasteiger charge is 2.54. The molecule has 114 valence electrons. The number of rotatable bonds is 0. The molecule has 2 nitrogen and oxygen atoms in total. The van der Waals surface area contributed by atoms with Crippen LogP contribution in [0.3, 0.4) is 0 Å². The first-order chi connectivity index (χ1) is 10.0. The van der Waals surface area contributed by atoms with Gasteiger partial charge in [-0.2, -0.15) is 0 Å². The first-order valence-electron chi connectivity index (χ1n) is 8.20. The maximum Gasteiger partial charge on any atom is 0.165 e. The maximum atomic E-state index is 13.8. The third-order valence-corrected chi connectivity index (χ3v) is 6.74. The van der Waals surface area contributed by atoms with Crippen LogP contribution in [0.1, 0.15) is 56.1 Å². The van der Waals surface area contributed by atoms with Crippen molar-refractivity contribution < 1.29 is 14.6 Å². The number of phenolic OH excluding ortho intramolecular Hbond substituents is 1. The van der Waals surface area contributed by atoms with Gasteiger partial charge in [-0.25, -0.2) is 4.39 Å². The highest BCUT2D eigenvalue weighted by Crippen LogP contribution is 2.60. The third-order valence-electron chi connectivity index (χ3n) is 6.74. The van der Waals surface area contributed by atoms with E-state index in [1.807, 2.05) is 0 Å². The largest absolute Gasteiger partial charge is 0.505 e. The van der Waals surface area contributed by atoms with Crippen molar-refractivity contribution in [1.29, 1.82) is 0 Å². The van der Waals surface area contributed by atoms with Crippen LogP contribution in [0, 0.1) is 23.1 Å². The van der Waals surface area contributed by atoms with Gasteiger partial charge in [-0.05, 0) is 85.0 Å². The third kappa shape index (κ3) is 1.79. The van der Waals surface area contributed by atoms with Crippen LogP contribution in [-0.4, -0.2) is 16.3 Å². The van der Waals surface area contributed by atoms with Gasteiger partial charge in [0.25, 0.3) is 0 Å². The summed E-state index contributed by atoms with van der Waals surface area (Å²) in [5, 5.41) is 19.9. The molecule has 0 aromatic heterocycles. The zero-order chi connectivity index (χ0) is 14.8. The summed E-state index contributed by atoms with van der Waals surface area (Å²) in [6.07, 6.45) is 5.95. The van der Waals surface area contributed by atoms with E-state index in [1.165, 1.54) is 0 Å². The van der Waals surface area contributed by atoms with Crippen molar-refractivity contribution in [2.75, 3.05) is 0 Å². The van der Waals surface area contributed by atoms with Crippen LogP contribution >= 0.6 is 0 Å². The zero-order valence-electron chi connectivity index (χ0n) is 12.5. The Morgan fingerprint density at radius 2 is 2.00 bits per heavy atom. The molecule has 0 radical (unpaired) electrons. The molecule has 21 heavy (non-hydrogen) atoms. The van der Waals surface area contributed by atoms with E-state index in [4.69, 9.17) is 0 Å². The quantitative estimate of drug-likeness (QED) is 0.764. The number of benzene rings is 1. The van der Waals surface area contributed by atoms with Crippen molar-refractivity contribution in [2.45, 2.75) is 57.5 Å². The lowest BCUT2D eigenvalue weighted by atomic mass is 9.55. The van der Waals surface area contributed by atoms with Gasteiger partial charge in [0.1, 0.15) is 0 Å². The fourth-order valence-corrected chi connectivity index (χ4v) is 5.55. The van der Waals surface area contributed by atoms with Crippen LogP contribution in [0.15, 0.2) is 12.1 Å². The summed E-state index contributed by atoms with van der Waals surface area (Å²) in [4.78, 5) is 0. The highest BCUT2D eigenvalue weighted by atomic mass is 19.1. The van der Waals surface area contributed by atoms with Gasteiger partial charge in [-0.15, -0.1) is 0 Å². The fraction of sp³-hybridized carbons (Fsp3) is 0.667. The minimum Gasteiger partial charge on any atom is -0.505 e. The second-order valence-electron chi connectivity index (χ2n) is 7.56. The summed E-state index contributed by atoms with van der Waals surface area (Å²) in [5.74, 6) is 0.833. The molecule has 3 heteroatoms. The highest BCUT2D eigenvalue weighted by molar-refractivity contribution is 5.41. The van der Waals surface area contributed by atoms with Crippen molar-refractivity contribution in [3.05, 3.63) is 29.1 Å². The molecule has 4 rings (SSSR count). The Bertz CT molecular complexity index is 585. The lowest BCUT2D eigenvalue weighted by Crippen LogP contribution is -2.43. The van der Waals surface area contributed by atoms with Crippen LogP contribution in [0.4, 0.5) is 4.39 Å². The van der Waals surface area contributed by atoms with Gasteiger partial charge in [-0.3, -0.25) is 0 Å². The van der Waals surface area contributed by atoms with Crippen molar-refractivity contribution in [1.82, 2.24) is 0 Å². The molecular weight excluding hydrogens is 267 g/mol. The maximum absolute atomic E-state index is 13.8. The molecule has 1 aromatic rings.